The zero-order valence-corrected chi connectivity index (χ0v) is 15.9. The molecule has 0 aliphatic carbocycles. The Bertz CT molecular complexity index is 1040. The van der Waals surface area contributed by atoms with E-state index in [0.717, 1.165) is 16.7 Å². The fourth-order valence-corrected chi connectivity index (χ4v) is 3.17. The maximum absolute atomic E-state index is 12.3. The molecule has 2 aromatic carbocycles. The number of benzene rings is 2. The minimum Gasteiger partial charge on any atom is -0.478 e. The van der Waals surface area contributed by atoms with Gasteiger partial charge in [-0.2, -0.15) is 0 Å². The Hall–Kier alpha value is -3.67. The van der Waals surface area contributed by atoms with Crippen molar-refractivity contribution in [2.45, 2.75) is 20.8 Å². The van der Waals surface area contributed by atoms with Crippen LogP contribution in [0.15, 0.2) is 54.6 Å². The molecule has 0 bridgehead atoms. The molecule has 6 heteroatoms. The summed E-state index contributed by atoms with van der Waals surface area (Å²) >= 11 is 0. The number of hydrogen-bond donors (Lipinski definition) is 2. The number of rotatable bonds is 4. The van der Waals surface area contributed by atoms with Crippen LogP contribution in [0.3, 0.4) is 0 Å². The number of nitrogens with zero attached hydrogens (tertiary/aromatic N) is 2. The molecule has 3 aromatic rings. The van der Waals surface area contributed by atoms with Crippen molar-refractivity contribution in [3.63, 3.8) is 0 Å². The first-order chi connectivity index (χ1) is 13.3. The van der Waals surface area contributed by atoms with Gasteiger partial charge in [-0.05, 0) is 44.0 Å². The van der Waals surface area contributed by atoms with E-state index in [-0.39, 0.29) is 17.1 Å². The van der Waals surface area contributed by atoms with Gasteiger partial charge in [-0.25, -0.2) is 19.5 Å². The molecule has 0 unspecified atom stereocenters. The lowest BCUT2D eigenvalue weighted by Gasteiger charge is -2.24. The van der Waals surface area contributed by atoms with E-state index in [9.17, 15) is 14.7 Å². The lowest BCUT2D eigenvalue weighted by Crippen LogP contribution is -2.33. The molecule has 0 aliphatic heterocycles. The number of carbonyl (C=O) groups is 2. The summed E-state index contributed by atoms with van der Waals surface area (Å²) in [7, 11) is 0. The van der Waals surface area contributed by atoms with Crippen molar-refractivity contribution in [3.8, 4) is 11.3 Å². The minimum absolute atomic E-state index is 0.0542. The average Bonchev–Trinajstić information content (AvgIpc) is 2.64. The van der Waals surface area contributed by atoms with Gasteiger partial charge in [0.05, 0.1) is 16.9 Å². The number of carboxylic acids is 1. The van der Waals surface area contributed by atoms with Gasteiger partial charge in [0.2, 0.25) is 0 Å². The monoisotopic (exact) mass is 375 g/mol. The second kappa shape index (κ2) is 7.52. The molecule has 0 fully saturated rings. The number of urea groups is 1. The van der Waals surface area contributed by atoms with E-state index < -0.39 is 12.0 Å². The summed E-state index contributed by atoms with van der Waals surface area (Å²) in [5, 5.41) is 9.58. The van der Waals surface area contributed by atoms with Crippen LogP contribution in [0, 0.1) is 20.8 Å². The molecular formula is C22H21N3O3. The number of anilines is 2. The van der Waals surface area contributed by atoms with E-state index in [1.807, 2.05) is 63.2 Å². The molecule has 0 aliphatic rings. The van der Waals surface area contributed by atoms with Crippen LogP contribution in [-0.2, 0) is 0 Å². The number of nitrogens with two attached hydrogens (primary N) is 1. The van der Waals surface area contributed by atoms with Gasteiger partial charge in [-0.3, -0.25) is 0 Å². The molecular weight excluding hydrogens is 354 g/mol. The van der Waals surface area contributed by atoms with Crippen molar-refractivity contribution in [3.05, 3.63) is 76.9 Å². The molecule has 3 rings (SSSR count). The number of carboxylic acid groups (broad SMARTS) is 1. The summed E-state index contributed by atoms with van der Waals surface area (Å²) in [5.74, 6) is -0.821. The van der Waals surface area contributed by atoms with E-state index in [1.165, 1.54) is 17.0 Å². The predicted octanol–water partition coefficient (Wildman–Crippen LogP) is 4.59. The Morgan fingerprint density at radius 2 is 1.54 bits per heavy atom. The van der Waals surface area contributed by atoms with Crippen LogP contribution in [-0.4, -0.2) is 22.1 Å². The molecule has 2 amide bonds. The van der Waals surface area contributed by atoms with Crippen molar-refractivity contribution in [2.75, 3.05) is 4.90 Å². The second-order valence-corrected chi connectivity index (χ2v) is 6.65. The van der Waals surface area contributed by atoms with Gasteiger partial charge in [0.15, 0.2) is 0 Å². The van der Waals surface area contributed by atoms with E-state index in [2.05, 4.69) is 4.98 Å². The van der Waals surface area contributed by atoms with E-state index in [1.54, 1.807) is 0 Å². The van der Waals surface area contributed by atoms with Gasteiger partial charge in [0.1, 0.15) is 5.82 Å². The number of pyridine rings is 1. The van der Waals surface area contributed by atoms with Crippen molar-refractivity contribution in [1.82, 2.24) is 4.98 Å². The maximum atomic E-state index is 12.3. The molecule has 0 saturated carbocycles. The van der Waals surface area contributed by atoms with Gasteiger partial charge < -0.3 is 10.8 Å². The Morgan fingerprint density at radius 1 is 0.929 bits per heavy atom. The number of aromatic nitrogens is 1. The van der Waals surface area contributed by atoms with Crippen molar-refractivity contribution >= 4 is 23.5 Å². The van der Waals surface area contributed by atoms with E-state index >= 15 is 0 Å². The van der Waals surface area contributed by atoms with Gasteiger partial charge in [0, 0.05) is 5.56 Å². The standard InChI is InChI=1S/C22H21N3O3/c1-13-7-9-16(10-8-13)19-17(21(26)27)11-12-18(24-19)25(22(23)28)20-14(2)5-4-6-15(20)3/h4-12H,1-3H3,(H2,23,28)(H,26,27). The average molecular weight is 375 g/mol. The van der Waals surface area contributed by atoms with Crippen LogP contribution in [0.1, 0.15) is 27.0 Å². The van der Waals surface area contributed by atoms with Crippen LogP contribution >= 0.6 is 0 Å². The molecule has 0 spiro atoms. The van der Waals surface area contributed by atoms with E-state index in [0.29, 0.717) is 11.3 Å². The second-order valence-electron chi connectivity index (χ2n) is 6.65. The Morgan fingerprint density at radius 3 is 2.07 bits per heavy atom. The normalized spacial score (nSPS) is 10.5. The van der Waals surface area contributed by atoms with Gasteiger partial charge in [-0.15, -0.1) is 0 Å². The Labute approximate surface area is 163 Å². The highest BCUT2D eigenvalue weighted by atomic mass is 16.4. The van der Waals surface area contributed by atoms with Gasteiger partial charge in [0.25, 0.3) is 0 Å². The molecule has 0 saturated heterocycles. The number of para-hydroxylation sites is 1. The van der Waals surface area contributed by atoms with Crippen molar-refractivity contribution in [2.24, 2.45) is 5.73 Å². The molecule has 0 radical (unpaired) electrons. The minimum atomic E-state index is -1.09. The molecule has 0 atom stereocenters. The van der Waals surface area contributed by atoms with Gasteiger partial charge >= 0.3 is 12.0 Å². The van der Waals surface area contributed by atoms with Crippen LogP contribution in [0.4, 0.5) is 16.3 Å². The van der Waals surface area contributed by atoms with Crippen LogP contribution in [0.2, 0.25) is 0 Å². The number of aromatic carboxylic acids is 1. The number of hydrogen-bond acceptors (Lipinski definition) is 3. The number of primary amides is 1. The van der Waals surface area contributed by atoms with Crippen LogP contribution < -0.4 is 10.6 Å². The third kappa shape index (κ3) is 3.57. The quantitative estimate of drug-likeness (QED) is 0.697. The topological polar surface area (TPSA) is 96.5 Å². The zero-order chi connectivity index (χ0) is 20.4. The fraction of sp³-hybridized carbons (Fsp3) is 0.136. The zero-order valence-electron chi connectivity index (χ0n) is 15.9. The third-order valence-corrected chi connectivity index (χ3v) is 4.55. The summed E-state index contributed by atoms with van der Waals surface area (Å²) in [5.41, 5.74) is 10.1. The fourth-order valence-electron chi connectivity index (χ4n) is 3.17. The predicted molar refractivity (Wildman–Crippen MR) is 109 cm³/mol. The summed E-state index contributed by atoms with van der Waals surface area (Å²) in [6, 6.07) is 15.3. The van der Waals surface area contributed by atoms with E-state index in [4.69, 9.17) is 5.73 Å². The molecule has 6 nitrogen and oxygen atoms in total. The summed E-state index contributed by atoms with van der Waals surface area (Å²) in [6.45, 7) is 5.71. The largest absolute Gasteiger partial charge is 0.478 e. The maximum Gasteiger partial charge on any atom is 0.337 e. The third-order valence-electron chi connectivity index (χ3n) is 4.55. The highest BCUT2D eigenvalue weighted by Crippen LogP contribution is 2.33. The smallest absolute Gasteiger partial charge is 0.337 e. The molecule has 1 aromatic heterocycles. The molecule has 28 heavy (non-hydrogen) atoms. The first kappa shape index (κ1) is 19.1. The first-order valence-corrected chi connectivity index (χ1v) is 8.76. The highest BCUT2D eigenvalue weighted by Gasteiger charge is 2.23. The van der Waals surface area contributed by atoms with Crippen molar-refractivity contribution in [1.29, 1.82) is 0 Å². The Balaban J connectivity index is 2.23. The molecule has 3 N–H and O–H groups in total. The number of aryl methyl sites for hydroxylation is 3. The summed E-state index contributed by atoms with van der Waals surface area (Å²) in [4.78, 5) is 29.8. The lowest BCUT2D eigenvalue weighted by atomic mass is 10.0. The van der Waals surface area contributed by atoms with Crippen LogP contribution in [0.25, 0.3) is 11.3 Å². The lowest BCUT2D eigenvalue weighted by molar-refractivity contribution is 0.0697. The number of amides is 2. The SMILES string of the molecule is Cc1ccc(-c2nc(N(C(N)=O)c3c(C)cccc3C)ccc2C(=O)O)cc1. The summed E-state index contributed by atoms with van der Waals surface area (Å²) < 4.78 is 0. The molecule has 1 heterocycles. The number of carbonyl (C=O) groups excluding carboxylic acids is 1. The Kier molecular flexibility index (Phi) is 5.13. The van der Waals surface area contributed by atoms with Gasteiger partial charge in [-0.1, -0.05) is 48.0 Å². The molecule has 142 valence electrons. The van der Waals surface area contributed by atoms with Crippen molar-refractivity contribution < 1.29 is 14.7 Å². The highest BCUT2D eigenvalue weighted by molar-refractivity contribution is 6.01. The van der Waals surface area contributed by atoms with Crippen LogP contribution in [0.5, 0.6) is 0 Å². The first-order valence-electron chi connectivity index (χ1n) is 8.76. The summed E-state index contributed by atoms with van der Waals surface area (Å²) in [6.07, 6.45) is 0.